The van der Waals surface area contributed by atoms with Gasteiger partial charge in [-0.1, -0.05) is 19.3 Å². The first-order chi connectivity index (χ1) is 9.02. The highest BCUT2D eigenvalue weighted by Gasteiger charge is 2.74. The molecule has 3 rings (SSSR count). The Morgan fingerprint density at radius 2 is 1.68 bits per heavy atom. The van der Waals surface area contributed by atoms with Gasteiger partial charge in [-0.05, 0) is 32.1 Å². The average Bonchev–Trinajstić information content (AvgIpc) is 2.48. The molecular weight excluding hydrogens is 244 g/mol. The zero-order chi connectivity index (χ0) is 13.7. The van der Waals surface area contributed by atoms with E-state index in [0.717, 1.165) is 44.9 Å². The summed E-state index contributed by atoms with van der Waals surface area (Å²) >= 11 is 0. The van der Waals surface area contributed by atoms with Gasteiger partial charge in [-0.3, -0.25) is 4.79 Å². The van der Waals surface area contributed by atoms with Gasteiger partial charge in [-0.15, -0.1) is 0 Å². The maximum atomic E-state index is 11.5. The van der Waals surface area contributed by atoms with Crippen LogP contribution in [0.3, 0.4) is 0 Å². The van der Waals surface area contributed by atoms with Crippen LogP contribution in [0.2, 0.25) is 0 Å². The van der Waals surface area contributed by atoms with Gasteiger partial charge in [0.1, 0.15) is 11.2 Å². The lowest BCUT2D eigenvalue weighted by Crippen LogP contribution is -2.79. The Labute approximate surface area is 114 Å². The standard InChI is InChI=1S/C15H24O4/c1-10(16)19-14-9-5-4-7-12(14)15(18)11(14)6-2-3-8-13(15)17/h11-13,17-18H,2-9H2,1H3/t11?,12?,13-,14-,15+/m0/s1. The van der Waals surface area contributed by atoms with E-state index in [1.807, 2.05) is 0 Å². The molecule has 0 spiro atoms. The predicted molar refractivity (Wildman–Crippen MR) is 69.4 cm³/mol. The molecule has 0 aliphatic heterocycles. The number of rotatable bonds is 1. The van der Waals surface area contributed by atoms with E-state index < -0.39 is 17.3 Å². The zero-order valence-electron chi connectivity index (χ0n) is 11.6. The van der Waals surface area contributed by atoms with E-state index in [9.17, 15) is 15.0 Å². The highest BCUT2D eigenvalue weighted by atomic mass is 16.6. The van der Waals surface area contributed by atoms with Crippen molar-refractivity contribution >= 4 is 5.97 Å². The summed E-state index contributed by atoms with van der Waals surface area (Å²) in [5.41, 5.74) is -1.52. The third-order valence-electron chi connectivity index (χ3n) is 5.69. The number of aliphatic hydroxyl groups excluding tert-OH is 1. The quantitative estimate of drug-likeness (QED) is 0.711. The van der Waals surface area contributed by atoms with Crippen LogP contribution in [0.15, 0.2) is 0 Å². The Hall–Kier alpha value is -0.610. The van der Waals surface area contributed by atoms with Crippen molar-refractivity contribution in [3.05, 3.63) is 0 Å². The Morgan fingerprint density at radius 3 is 2.32 bits per heavy atom. The summed E-state index contributed by atoms with van der Waals surface area (Å²) in [6.45, 7) is 1.45. The Balaban J connectivity index is 1.95. The normalized spacial score (nSPS) is 49.3. The minimum atomic E-state index is -1.02. The lowest BCUT2D eigenvalue weighted by atomic mass is 9.44. The van der Waals surface area contributed by atoms with Gasteiger partial charge >= 0.3 is 5.97 Å². The second-order valence-corrected chi connectivity index (χ2v) is 6.59. The van der Waals surface area contributed by atoms with Crippen LogP contribution in [0, 0.1) is 11.8 Å². The maximum absolute atomic E-state index is 11.5. The van der Waals surface area contributed by atoms with Gasteiger partial charge in [0.05, 0.1) is 6.10 Å². The maximum Gasteiger partial charge on any atom is 0.303 e. The topological polar surface area (TPSA) is 66.8 Å². The molecule has 0 saturated heterocycles. The van der Waals surface area contributed by atoms with E-state index in [2.05, 4.69) is 0 Å². The molecule has 3 aliphatic carbocycles. The van der Waals surface area contributed by atoms with Crippen molar-refractivity contribution in [1.82, 2.24) is 0 Å². The molecular formula is C15H24O4. The SMILES string of the molecule is CC(=O)O[C@]12CCCCC1[C@]1(O)C2CCCC[C@@H]1O. The minimum Gasteiger partial charge on any atom is -0.458 e. The third kappa shape index (κ3) is 1.69. The number of carbonyl (C=O) groups is 1. The van der Waals surface area contributed by atoms with Crippen molar-refractivity contribution in [2.24, 2.45) is 11.8 Å². The fraction of sp³-hybridized carbons (Fsp3) is 0.933. The first-order valence-corrected chi connectivity index (χ1v) is 7.62. The highest BCUT2D eigenvalue weighted by molar-refractivity contribution is 5.67. The van der Waals surface area contributed by atoms with Gasteiger partial charge < -0.3 is 14.9 Å². The van der Waals surface area contributed by atoms with Crippen LogP contribution < -0.4 is 0 Å². The molecule has 0 aromatic rings. The molecule has 2 unspecified atom stereocenters. The molecule has 0 aromatic carbocycles. The lowest BCUT2D eigenvalue weighted by molar-refractivity contribution is -0.333. The zero-order valence-corrected chi connectivity index (χ0v) is 11.6. The highest BCUT2D eigenvalue weighted by Crippen LogP contribution is 2.64. The molecule has 0 heterocycles. The summed E-state index contributed by atoms with van der Waals surface area (Å²) in [7, 11) is 0. The summed E-state index contributed by atoms with van der Waals surface area (Å²) < 4.78 is 5.71. The van der Waals surface area contributed by atoms with Crippen LogP contribution >= 0.6 is 0 Å². The van der Waals surface area contributed by atoms with Crippen LogP contribution in [-0.2, 0) is 9.53 Å². The van der Waals surface area contributed by atoms with Gasteiger partial charge in [0.25, 0.3) is 0 Å². The first-order valence-electron chi connectivity index (χ1n) is 7.62. The predicted octanol–water partition coefficient (Wildman–Crippen LogP) is 1.77. The number of aliphatic hydroxyl groups is 2. The Kier molecular flexibility index (Phi) is 3.13. The molecule has 5 atom stereocenters. The van der Waals surface area contributed by atoms with E-state index >= 15 is 0 Å². The van der Waals surface area contributed by atoms with Crippen LogP contribution in [0.25, 0.3) is 0 Å². The number of hydrogen-bond donors (Lipinski definition) is 2. The third-order valence-corrected chi connectivity index (χ3v) is 5.69. The van der Waals surface area contributed by atoms with Gasteiger partial charge in [-0.25, -0.2) is 0 Å². The molecule has 108 valence electrons. The molecule has 3 aliphatic rings. The van der Waals surface area contributed by atoms with Gasteiger partial charge in [0, 0.05) is 18.8 Å². The molecule has 0 amide bonds. The van der Waals surface area contributed by atoms with Gasteiger partial charge in [0.2, 0.25) is 0 Å². The number of esters is 1. The van der Waals surface area contributed by atoms with E-state index in [4.69, 9.17) is 4.74 Å². The molecule has 4 heteroatoms. The van der Waals surface area contributed by atoms with Crippen LogP contribution in [0.4, 0.5) is 0 Å². The lowest BCUT2D eigenvalue weighted by Gasteiger charge is -2.67. The molecule has 4 nitrogen and oxygen atoms in total. The molecule has 3 fully saturated rings. The van der Waals surface area contributed by atoms with E-state index in [-0.39, 0.29) is 17.8 Å². The van der Waals surface area contributed by atoms with Crippen molar-refractivity contribution < 1.29 is 19.7 Å². The number of fused-ring (bicyclic) bond motifs is 4. The first kappa shape index (κ1) is 13.4. The Bertz CT molecular complexity index is 382. The summed E-state index contributed by atoms with van der Waals surface area (Å²) in [6.07, 6.45) is 6.61. The fourth-order valence-corrected chi connectivity index (χ4v) is 5.06. The number of hydrogen-bond acceptors (Lipinski definition) is 4. The second kappa shape index (κ2) is 4.45. The molecule has 19 heavy (non-hydrogen) atoms. The van der Waals surface area contributed by atoms with Crippen LogP contribution in [0.1, 0.15) is 58.3 Å². The molecule has 0 aromatic heterocycles. The minimum absolute atomic E-state index is 0.0734. The van der Waals surface area contributed by atoms with Crippen molar-refractivity contribution in [3.63, 3.8) is 0 Å². The van der Waals surface area contributed by atoms with Crippen molar-refractivity contribution in [2.45, 2.75) is 75.6 Å². The van der Waals surface area contributed by atoms with E-state index in [1.165, 1.54) is 6.92 Å². The summed E-state index contributed by atoms with van der Waals surface area (Å²) in [5, 5.41) is 21.3. The van der Waals surface area contributed by atoms with Crippen molar-refractivity contribution in [2.75, 3.05) is 0 Å². The van der Waals surface area contributed by atoms with Crippen LogP contribution in [-0.4, -0.2) is 33.5 Å². The molecule has 0 radical (unpaired) electrons. The Morgan fingerprint density at radius 1 is 1.11 bits per heavy atom. The monoisotopic (exact) mass is 268 g/mol. The van der Waals surface area contributed by atoms with Gasteiger partial charge in [-0.2, -0.15) is 0 Å². The largest absolute Gasteiger partial charge is 0.458 e. The molecule has 3 saturated carbocycles. The summed E-state index contributed by atoms with van der Waals surface area (Å²) in [5.74, 6) is -0.407. The summed E-state index contributed by atoms with van der Waals surface area (Å²) in [6, 6.07) is 0. The fourth-order valence-electron chi connectivity index (χ4n) is 5.06. The molecule has 0 bridgehead atoms. The van der Waals surface area contributed by atoms with E-state index in [1.54, 1.807) is 0 Å². The van der Waals surface area contributed by atoms with Crippen LogP contribution in [0.5, 0.6) is 0 Å². The smallest absolute Gasteiger partial charge is 0.303 e. The number of carbonyl (C=O) groups excluding carboxylic acids is 1. The molecule has 2 N–H and O–H groups in total. The van der Waals surface area contributed by atoms with Crippen molar-refractivity contribution in [1.29, 1.82) is 0 Å². The second-order valence-electron chi connectivity index (χ2n) is 6.59. The summed E-state index contributed by atoms with van der Waals surface area (Å²) in [4.78, 5) is 11.5. The van der Waals surface area contributed by atoms with E-state index in [0.29, 0.717) is 6.42 Å². The van der Waals surface area contributed by atoms with Gasteiger partial charge in [0.15, 0.2) is 0 Å². The number of ether oxygens (including phenoxy) is 1. The van der Waals surface area contributed by atoms with Crippen molar-refractivity contribution in [3.8, 4) is 0 Å². The average molecular weight is 268 g/mol.